The second kappa shape index (κ2) is 7.09. The number of piperidine rings is 1. The third-order valence-electron chi connectivity index (χ3n) is 4.50. The highest BCUT2D eigenvalue weighted by molar-refractivity contribution is 4.86. The quantitative estimate of drug-likeness (QED) is 0.858. The Hall–Kier alpha value is -0.330. The molecule has 2 aliphatic heterocycles. The zero-order valence-corrected chi connectivity index (χ0v) is 12.3. The Morgan fingerprint density at radius 2 is 2.00 bits per heavy atom. The van der Waals surface area contributed by atoms with Crippen molar-refractivity contribution in [1.82, 2.24) is 15.1 Å². The third-order valence-corrected chi connectivity index (χ3v) is 4.50. The summed E-state index contributed by atoms with van der Waals surface area (Å²) in [5.74, 6) is 0.381. The molecular formula is C14H26F3N3. The van der Waals surface area contributed by atoms with Crippen molar-refractivity contribution in [3.05, 3.63) is 0 Å². The van der Waals surface area contributed by atoms with Crippen molar-refractivity contribution in [3.8, 4) is 0 Å². The third kappa shape index (κ3) is 4.33. The van der Waals surface area contributed by atoms with Crippen molar-refractivity contribution < 1.29 is 13.2 Å². The van der Waals surface area contributed by atoms with Crippen molar-refractivity contribution in [2.75, 3.05) is 45.8 Å². The molecule has 3 nitrogen and oxygen atoms in total. The Kier molecular flexibility index (Phi) is 5.69. The number of rotatable bonds is 3. The highest BCUT2D eigenvalue weighted by Crippen LogP contribution is 2.28. The number of nitrogens with one attached hydrogen (secondary N) is 1. The molecule has 2 saturated heterocycles. The Labute approximate surface area is 119 Å². The van der Waals surface area contributed by atoms with Gasteiger partial charge >= 0.3 is 6.18 Å². The molecule has 0 radical (unpaired) electrons. The molecule has 0 spiro atoms. The minimum atomic E-state index is -4.13. The molecule has 0 aromatic carbocycles. The molecule has 2 aliphatic rings. The van der Waals surface area contributed by atoms with Crippen LogP contribution < -0.4 is 5.32 Å². The summed E-state index contributed by atoms with van der Waals surface area (Å²) in [6.45, 7) is 7.03. The van der Waals surface area contributed by atoms with E-state index in [1.54, 1.807) is 4.90 Å². The smallest absolute Gasteiger partial charge is 0.315 e. The molecule has 1 N–H and O–H groups in total. The molecule has 0 bridgehead atoms. The maximum atomic E-state index is 13.2. The summed E-state index contributed by atoms with van der Waals surface area (Å²) >= 11 is 0. The lowest BCUT2D eigenvalue weighted by Crippen LogP contribution is -2.52. The standard InChI is InChI=1S/C14H26F3N3/c1-2-19-7-3-5-12(10-19)11-20-8-4-6-18-9-13(20)14(15,16)17/h12-13,18H,2-11H2,1H3. The first-order valence-electron chi connectivity index (χ1n) is 7.74. The van der Waals surface area contributed by atoms with Gasteiger partial charge in [-0.1, -0.05) is 6.92 Å². The summed E-state index contributed by atoms with van der Waals surface area (Å²) in [6, 6.07) is -1.32. The SMILES string of the molecule is CCN1CCCC(CN2CCCNCC2C(F)(F)F)C1. The van der Waals surface area contributed by atoms with Gasteiger partial charge in [-0.2, -0.15) is 13.2 Å². The maximum absolute atomic E-state index is 13.2. The van der Waals surface area contributed by atoms with E-state index in [2.05, 4.69) is 17.1 Å². The molecule has 2 fully saturated rings. The van der Waals surface area contributed by atoms with Crippen LogP contribution in [0, 0.1) is 5.92 Å². The zero-order chi connectivity index (χ0) is 14.6. The minimum Gasteiger partial charge on any atom is -0.315 e. The summed E-state index contributed by atoms with van der Waals surface area (Å²) in [5.41, 5.74) is 0. The first-order valence-corrected chi connectivity index (χ1v) is 7.74. The van der Waals surface area contributed by atoms with Crippen LogP contribution >= 0.6 is 0 Å². The van der Waals surface area contributed by atoms with Crippen molar-refractivity contribution in [2.45, 2.75) is 38.4 Å². The molecule has 118 valence electrons. The number of alkyl halides is 3. The molecule has 0 saturated carbocycles. The van der Waals surface area contributed by atoms with E-state index in [9.17, 15) is 13.2 Å². The van der Waals surface area contributed by atoms with E-state index in [0.29, 0.717) is 25.6 Å². The van der Waals surface area contributed by atoms with Gasteiger partial charge in [-0.15, -0.1) is 0 Å². The normalized spacial score (nSPS) is 31.2. The van der Waals surface area contributed by atoms with Crippen LogP contribution in [0.1, 0.15) is 26.2 Å². The molecule has 0 amide bonds. The fraction of sp³-hybridized carbons (Fsp3) is 1.00. The number of likely N-dealkylation sites (tertiary alicyclic amines) is 1. The fourth-order valence-electron chi connectivity index (χ4n) is 3.39. The van der Waals surface area contributed by atoms with Gasteiger partial charge in [0.2, 0.25) is 0 Å². The van der Waals surface area contributed by atoms with Gasteiger partial charge in [0.25, 0.3) is 0 Å². The number of nitrogens with zero attached hydrogens (tertiary/aromatic N) is 2. The minimum absolute atomic E-state index is 0.0354. The number of halogens is 3. The largest absolute Gasteiger partial charge is 0.405 e. The van der Waals surface area contributed by atoms with Crippen molar-refractivity contribution in [2.24, 2.45) is 5.92 Å². The van der Waals surface area contributed by atoms with E-state index in [1.165, 1.54) is 0 Å². The molecule has 0 aromatic heterocycles. The zero-order valence-electron chi connectivity index (χ0n) is 12.3. The molecule has 2 rings (SSSR count). The summed E-state index contributed by atoms with van der Waals surface area (Å²) in [7, 11) is 0. The molecule has 0 aromatic rings. The lowest BCUT2D eigenvalue weighted by atomic mass is 9.96. The Morgan fingerprint density at radius 1 is 1.20 bits per heavy atom. The van der Waals surface area contributed by atoms with E-state index in [1.807, 2.05) is 0 Å². The second-order valence-electron chi connectivity index (χ2n) is 6.01. The van der Waals surface area contributed by atoms with E-state index in [-0.39, 0.29) is 6.54 Å². The van der Waals surface area contributed by atoms with Crippen LogP contribution in [0.2, 0.25) is 0 Å². The summed E-state index contributed by atoms with van der Waals surface area (Å²) in [5, 5.41) is 2.92. The van der Waals surface area contributed by atoms with E-state index >= 15 is 0 Å². The predicted octanol–water partition coefficient (Wildman–Crippen LogP) is 1.94. The molecule has 2 atom stereocenters. The first-order chi connectivity index (χ1) is 9.50. The van der Waals surface area contributed by atoms with Gasteiger partial charge in [-0.25, -0.2) is 0 Å². The van der Waals surface area contributed by atoms with Gasteiger partial charge in [-0.3, -0.25) is 4.90 Å². The topological polar surface area (TPSA) is 18.5 Å². The lowest BCUT2D eigenvalue weighted by molar-refractivity contribution is -0.182. The van der Waals surface area contributed by atoms with Gasteiger partial charge in [0.15, 0.2) is 0 Å². The Bertz CT molecular complexity index is 296. The van der Waals surface area contributed by atoms with Crippen LogP contribution in [0.3, 0.4) is 0 Å². The van der Waals surface area contributed by atoms with Gasteiger partial charge in [0.1, 0.15) is 6.04 Å². The highest BCUT2D eigenvalue weighted by Gasteiger charge is 2.44. The number of hydrogen-bond donors (Lipinski definition) is 1. The summed E-state index contributed by atoms with van der Waals surface area (Å²) in [4.78, 5) is 4.02. The van der Waals surface area contributed by atoms with Crippen molar-refractivity contribution in [1.29, 1.82) is 0 Å². The maximum Gasteiger partial charge on any atom is 0.405 e. The highest BCUT2D eigenvalue weighted by atomic mass is 19.4. The Balaban J connectivity index is 1.96. The lowest BCUT2D eigenvalue weighted by Gasteiger charge is -2.38. The average molecular weight is 293 g/mol. The van der Waals surface area contributed by atoms with Crippen molar-refractivity contribution >= 4 is 0 Å². The van der Waals surface area contributed by atoms with Gasteiger partial charge < -0.3 is 10.2 Å². The second-order valence-corrected chi connectivity index (χ2v) is 6.01. The molecule has 2 heterocycles. The molecular weight excluding hydrogens is 267 g/mol. The van der Waals surface area contributed by atoms with Gasteiger partial charge in [0, 0.05) is 26.2 Å². The molecule has 0 aliphatic carbocycles. The molecule has 2 unspecified atom stereocenters. The van der Waals surface area contributed by atoms with Crippen LogP contribution in [0.4, 0.5) is 13.2 Å². The van der Waals surface area contributed by atoms with Gasteiger partial charge in [-0.05, 0) is 44.8 Å². The van der Waals surface area contributed by atoms with E-state index in [0.717, 1.165) is 38.9 Å². The summed E-state index contributed by atoms with van der Waals surface area (Å²) in [6.07, 6.45) is -1.15. The molecule has 6 heteroatoms. The van der Waals surface area contributed by atoms with Crippen molar-refractivity contribution in [3.63, 3.8) is 0 Å². The van der Waals surface area contributed by atoms with Gasteiger partial charge in [0.05, 0.1) is 0 Å². The average Bonchev–Trinajstić information content (AvgIpc) is 2.64. The fourth-order valence-corrected chi connectivity index (χ4v) is 3.39. The monoisotopic (exact) mass is 293 g/mol. The summed E-state index contributed by atoms with van der Waals surface area (Å²) < 4.78 is 39.5. The first kappa shape index (κ1) is 16.0. The van der Waals surface area contributed by atoms with E-state index < -0.39 is 12.2 Å². The number of hydrogen-bond acceptors (Lipinski definition) is 3. The van der Waals surface area contributed by atoms with E-state index in [4.69, 9.17) is 0 Å². The van der Waals surface area contributed by atoms with Crippen LogP contribution in [0.15, 0.2) is 0 Å². The van der Waals surface area contributed by atoms with Crippen LogP contribution in [-0.4, -0.2) is 67.8 Å². The van der Waals surface area contributed by atoms with Crippen LogP contribution in [0.5, 0.6) is 0 Å². The Morgan fingerprint density at radius 3 is 2.70 bits per heavy atom. The van der Waals surface area contributed by atoms with Crippen LogP contribution in [0.25, 0.3) is 0 Å². The molecule has 20 heavy (non-hydrogen) atoms. The van der Waals surface area contributed by atoms with Crippen LogP contribution in [-0.2, 0) is 0 Å². The predicted molar refractivity (Wildman–Crippen MR) is 73.7 cm³/mol.